The summed E-state index contributed by atoms with van der Waals surface area (Å²) in [7, 11) is 0. The molecule has 0 N–H and O–H groups in total. The van der Waals surface area contributed by atoms with E-state index < -0.39 is 0 Å². The smallest absolute Gasteiger partial charge is 0.160 e. The predicted octanol–water partition coefficient (Wildman–Crippen LogP) is 13.4. The number of hydrogen-bond donors (Lipinski definition) is 0. The minimum atomic E-state index is 0.710. The Labute approximate surface area is 302 Å². The zero-order chi connectivity index (χ0) is 34.4. The molecule has 0 amide bonds. The number of aromatic nitrogens is 2. The molecule has 2 heteroatoms. The third-order valence-corrected chi connectivity index (χ3v) is 10.3. The van der Waals surface area contributed by atoms with Crippen molar-refractivity contribution < 1.29 is 0 Å². The molecule has 1 heterocycles. The van der Waals surface area contributed by atoms with Gasteiger partial charge in [0.25, 0.3) is 0 Å². The largest absolute Gasteiger partial charge is 0.228 e. The van der Waals surface area contributed by atoms with Gasteiger partial charge in [0.05, 0.1) is 11.4 Å². The lowest BCUT2D eigenvalue weighted by molar-refractivity contribution is 1.18. The summed E-state index contributed by atoms with van der Waals surface area (Å²) in [4.78, 5) is 10.2. The summed E-state index contributed by atoms with van der Waals surface area (Å²) < 4.78 is 0. The molecule has 9 aromatic carbocycles. The molecule has 1 aromatic heterocycles. The van der Waals surface area contributed by atoms with Crippen LogP contribution in [-0.2, 0) is 0 Å². The Bertz CT molecular complexity index is 2920. The van der Waals surface area contributed by atoms with Crippen molar-refractivity contribution in [2.45, 2.75) is 0 Å². The van der Waals surface area contributed by atoms with Crippen molar-refractivity contribution >= 4 is 43.1 Å². The highest BCUT2D eigenvalue weighted by Crippen LogP contribution is 2.40. The van der Waals surface area contributed by atoms with Crippen LogP contribution in [0.1, 0.15) is 0 Å². The molecule has 0 aliphatic heterocycles. The van der Waals surface area contributed by atoms with E-state index in [9.17, 15) is 0 Å². The quantitative estimate of drug-likeness (QED) is 0.136. The van der Waals surface area contributed by atoms with Crippen LogP contribution in [0.4, 0.5) is 0 Å². The van der Waals surface area contributed by atoms with E-state index in [1.54, 1.807) is 0 Å². The van der Waals surface area contributed by atoms with Gasteiger partial charge >= 0.3 is 0 Å². The van der Waals surface area contributed by atoms with Crippen LogP contribution < -0.4 is 0 Å². The molecule has 10 aromatic rings. The van der Waals surface area contributed by atoms with Crippen LogP contribution in [-0.4, -0.2) is 9.97 Å². The molecule has 2 nitrogen and oxygen atoms in total. The third kappa shape index (κ3) is 5.21. The van der Waals surface area contributed by atoms with Gasteiger partial charge in [0.2, 0.25) is 0 Å². The summed E-state index contributed by atoms with van der Waals surface area (Å²) in [5, 5.41) is 10.0. The van der Waals surface area contributed by atoms with E-state index >= 15 is 0 Å². The lowest BCUT2D eigenvalue weighted by atomic mass is 9.89. The normalized spacial score (nSPS) is 11.5. The van der Waals surface area contributed by atoms with Crippen molar-refractivity contribution in [3.05, 3.63) is 194 Å². The number of fused-ring (bicyclic) bond motifs is 5. The van der Waals surface area contributed by atoms with Gasteiger partial charge in [-0.25, -0.2) is 9.97 Å². The van der Waals surface area contributed by atoms with Crippen molar-refractivity contribution in [3.8, 4) is 56.2 Å². The third-order valence-electron chi connectivity index (χ3n) is 10.3. The van der Waals surface area contributed by atoms with Gasteiger partial charge in [-0.15, -0.1) is 0 Å². The Morgan fingerprint density at radius 2 is 0.808 bits per heavy atom. The first-order chi connectivity index (χ1) is 25.8. The van der Waals surface area contributed by atoms with Crippen LogP contribution in [0.25, 0.3) is 99.2 Å². The monoisotopic (exact) mass is 660 g/mol. The average molecular weight is 661 g/mol. The summed E-state index contributed by atoms with van der Waals surface area (Å²) in [6.07, 6.45) is 0. The van der Waals surface area contributed by atoms with Crippen molar-refractivity contribution in [2.75, 3.05) is 0 Å². The molecular formula is C50H32N2. The maximum absolute atomic E-state index is 5.12. The standard InChI is InChI=1S/C50H32N2/c1-2-13-39(14-3-1)50-51-47(36-23-21-35(22-24-36)42-20-10-16-33-11-4-7-17-41(33)42)32-48(52-50)37-25-27-38(28-26-37)49-44-19-9-6-15-40(44)31-46-43-18-8-5-12-34(43)29-30-45(46)49/h1-32H. The molecule has 52 heavy (non-hydrogen) atoms. The summed E-state index contributed by atoms with van der Waals surface area (Å²) in [5.41, 5.74) is 9.72. The van der Waals surface area contributed by atoms with Crippen molar-refractivity contribution in [1.82, 2.24) is 9.97 Å². The van der Waals surface area contributed by atoms with Gasteiger partial charge in [-0.1, -0.05) is 182 Å². The Kier molecular flexibility index (Phi) is 7.18. The fraction of sp³-hybridized carbons (Fsp3) is 0. The van der Waals surface area contributed by atoms with Gasteiger partial charge in [-0.05, 0) is 77.5 Å². The van der Waals surface area contributed by atoms with E-state index in [2.05, 4.69) is 176 Å². The minimum Gasteiger partial charge on any atom is -0.228 e. The molecule has 0 unspecified atom stereocenters. The Balaban J connectivity index is 1.08. The van der Waals surface area contributed by atoms with Crippen LogP contribution in [0.2, 0.25) is 0 Å². The van der Waals surface area contributed by atoms with Gasteiger partial charge in [0.1, 0.15) is 0 Å². The molecule has 0 saturated carbocycles. The molecule has 0 fully saturated rings. The van der Waals surface area contributed by atoms with Crippen molar-refractivity contribution in [3.63, 3.8) is 0 Å². The Hall–Kier alpha value is -6.90. The molecule has 10 rings (SSSR count). The fourth-order valence-electron chi connectivity index (χ4n) is 7.70. The SMILES string of the molecule is c1ccc(-c2nc(-c3ccc(-c4cccc5ccccc45)cc3)cc(-c3ccc(-c4c5ccccc5cc5c4ccc4ccccc45)cc3)n2)cc1. The highest BCUT2D eigenvalue weighted by Gasteiger charge is 2.15. The molecule has 0 aliphatic carbocycles. The van der Waals surface area contributed by atoms with Gasteiger partial charge < -0.3 is 0 Å². The van der Waals surface area contributed by atoms with Crippen LogP contribution in [0.15, 0.2) is 194 Å². The minimum absolute atomic E-state index is 0.710. The fourth-order valence-corrected chi connectivity index (χ4v) is 7.70. The molecule has 0 spiro atoms. The lowest BCUT2D eigenvalue weighted by Crippen LogP contribution is -1.96. The van der Waals surface area contributed by atoms with E-state index in [1.807, 2.05) is 18.2 Å². The second kappa shape index (κ2) is 12.5. The summed E-state index contributed by atoms with van der Waals surface area (Å²) in [6.45, 7) is 0. The first-order valence-corrected chi connectivity index (χ1v) is 17.7. The number of benzene rings is 9. The zero-order valence-electron chi connectivity index (χ0n) is 28.4. The van der Waals surface area contributed by atoms with Gasteiger partial charge in [-0.2, -0.15) is 0 Å². The van der Waals surface area contributed by atoms with E-state index in [1.165, 1.54) is 65.3 Å². The highest BCUT2D eigenvalue weighted by atomic mass is 14.9. The lowest BCUT2D eigenvalue weighted by Gasteiger charge is -2.15. The Morgan fingerprint density at radius 1 is 0.269 bits per heavy atom. The van der Waals surface area contributed by atoms with Gasteiger partial charge in [-0.3, -0.25) is 0 Å². The van der Waals surface area contributed by atoms with E-state index in [4.69, 9.17) is 9.97 Å². The molecule has 242 valence electrons. The van der Waals surface area contributed by atoms with Crippen LogP contribution in [0.3, 0.4) is 0 Å². The maximum Gasteiger partial charge on any atom is 0.160 e. The molecule has 0 radical (unpaired) electrons. The molecule has 0 bridgehead atoms. The van der Waals surface area contributed by atoms with Crippen molar-refractivity contribution in [1.29, 1.82) is 0 Å². The average Bonchev–Trinajstić information content (AvgIpc) is 3.23. The van der Waals surface area contributed by atoms with Crippen LogP contribution >= 0.6 is 0 Å². The number of hydrogen-bond acceptors (Lipinski definition) is 2. The molecule has 0 aliphatic rings. The zero-order valence-corrected chi connectivity index (χ0v) is 28.4. The first kappa shape index (κ1) is 30.0. The van der Waals surface area contributed by atoms with E-state index in [-0.39, 0.29) is 0 Å². The van der Waals surface area contributed by atoms with Gasteiger partial charge in [0, 0.05) is 16.7 Å². The van der Waals surface area contributed by atoms with E-state index in [0.29, 0.717) is 5.82 Å². The summed E-state index contributed by atoms with van der Waals surface area (Å²) >= 11 is 0. The topological polar surface area (TPSA) is 25.8 Å². The molecular weight excluding hydrogens is 629 g/mol. The second-order valence-corrected chi connectivity index (χ2v) is 13.4. The molecule has 0 saturated heterocycles. The van der Waals surface area contributed by atoms with E-state index in [0.717, 1.165) is 28.1 Å². The summed E-state index contributed by atoms with van der Waals surface area (Å²) in [5.74, 6) is 0.710. The predicted molar refractivity (Wildman–Crippen MR) is 219 cm³/mol. The molecule has 0 atom stereocenters. The van der Waals surface area contributed by atoms with Crippen LogP contribution in [0.5, 0.6) is 0 Å². The second-order valence-electron chi connectivity index (χ2n) is 13.4. The number of nitrogens with zero attached hydrogens (tertiary/aromatic N) is 2. The maximum atomic E-state index is 5.12. The van der Waals surface area contributed by atoms with Crippen molar-refractivity contribution in [2.24, 2.45) is 0 Å². The van der Waals surface area contributed by atoms with Gasteiger partial charge in [0.15, 0.2) is 5.82 Å². The first-order valence-electron chi connectivity index (χ1n) is 17.7. The number of rotatable bonds is 5. The summed E-state index contributed by atoms with van der Waals surface area (Å²) in [6, 6.07) is 69.3. The Morgan fingerprint density at radius 3 is 1.52 bits per heavy atom. The highest BCUT2D eigenvalue weighted by molar-refractivity contribution is 6.20. The van der Waals surface area contributed by atoms with Crippen LogP contribution in [0, 0.1) is 0 Å².